The third-order valence-electron chi connectivity index (χ3n) is 4.54. The number of methoxy groups -OCH3 is 1. The van der Waals surface area contributed by atoms with Crippen LogP contribution in [0.1, 0.15) is 35.1 Å². The average molecular weight is 434 g/mol. The number of halogens is 1. The van der Waals surface area contributed by atoms with E-state index in [2.05, 4.69) is 0 Å². The molecule has 0 spiro atoms. The Balaban J connectivity index is 1.92. The summed E-state index contributed by atoms with van der Waals surface area (Å²) < 4.78 is 10.6. The van der Waals surface area contributed by atoms with Crippen LogP contribution >= 0.6 is 23.4 Å². The topological polar surface area (TPSA) is 55.8 Å². The van der Waals surface area contributed by atoms with Crippen molar-refractivity contribution in [2.45, 2.75) is 25.3 Å². The first kappa shape index (κ1) is 21.5. The highest BCUT2D eigenvalue weighted by atomic mass is 35.5. The number of thioether (sulfide) groups is 1. The van der Waals surface area contributed by atoms with Crippen LogP contribution in [-0.2, 0) is 9.53 Å². The quantitative estimate of drug-likeness (QED) is 0.612. The summed E-state index contributed by atoms with van der Waals surface area (Å²) in [5.41, 5.74) is 1.37. The molecule has 2 aromatic rings. The van der Waals surface area contributed by atoms with Gasteiger partial charge in [-0.1, -0.05) is 37.6 Å². The summed E-state index contributed by atoms with van der Waals surface area (Å²) >= 11 is 7.70. The molecule has 7 heteroatoms. The molecule has 1 amide bonds. The van der Waals surface area contributed by atoms with Crippen molar-refractivity contribution in [3.8, 4) is 5.75 Å². The van der Waals surface area contributed by atoms with E-state index in [1.165, 1.54) is 11.8 Å². The largest absolute Gasteiger partial charge is 0.497 e. The summed E-state index contributed by atoms with van der Waals surface area (Å²) in [5.74, 6) is 0.751. The molecule has 2 unspecified atom stereocenters. The Kier molecular flexibility index (Phi) is 7.09. The van der Waals surface area contributed by atoms with E-state index in [-0.39, 0.29) is 23.2 Å². The van der Waals surface area contributed by atoms with Crippen LogP contribution in [0.25, 0.3) is 0 Å². The standard InChI is InChI=1S/C22H24ClNO4S/c1-14(2)12-28-22(26)19-13-29-21(16-5-4-6-17(23)11-16)24(19)20(25)15-7-9-18(27-3)10-8-15/h4-11,14,19,21H,12-13H2,1-3H3. The Bertz CT molecular complexity index is 871. The van der Waals surface area contributed by atoms with Crippen molar-refractivity contribution in [1.29, 1.82) is 0 Å². The Labute approximate surface area is 180 Å². The number of nitrogens with zero attached hydrogens (tertiary/aromatic N) is 1. The van der Waals surface area contributed by atoms with Crippen LogP contribution in [0.4, 0.5) is 0 Å². The molecule has 1 heterocycles. The van der Waals surface area contributed by atoms with Crippen LogP contribution in [-0.4, -0.2) is 42.3 Å². The highest BCUT2D eigenvalue weighted by Gasteiger charge is 2.43. The lowest BCUT2D eigenvalue weighted by Gasteiger charge is -2.29. The van der Waals surface area contributed by atoms with Crippen molar-refractivity contribution >= 4 is 35.2 Å². The first-order valence-corrected chi connectivity index (χ1v) is 10.8. The average Bonchev–Trinajstić information content (AvgIpc) is 3.16. The van der Waals surface area contributed by atoms with Gasteiger partial charge in [0.1, 0.15) is 17.2 Å². The van der Waals surface area contributed by atoms with Crippen LogP contribution in [0, 0.1) is 5.92 Å². The zero-order valence-corrected chi connectivity index (χ0v) is 18.2. The molecule has 1 aliphatic rings. The van der Waals surface area contributed by atoms with Crippen molar-refractivity contribution in [2.75, 3.05) is 19.5 Å². The van der Waals surface area contributed by atoms with Gasteiger partial charge in [0.25, 0.3) is 5.91 Å². The first-order chi connectivity index (χ1) is 13.9. The van der Waals surface area contributed by atoms with Gasteiger partial charge in [0.15, 0.2) is 0 Å². The van der Waals surface area contributed by atoms with Gasteiger partial charge in [0.2, 0.25) is 0 Å². The van der Waals surface area contributed by atoms with Crippen molar-refractivity contribution in [3.63, 3.8) is 0 Å². The van der Waals surface area contributed by atoms with E-state index in [0.717, 1.165) is 5.56 Å². The van der Waals surface area contributed by atoms with Gasteiger partial charge in [0, 0.05) is 16.3 Å². The van der Waals surface area contributed by atoms with E-state index in [4.69, 9.17) is 21.1 Å². The summed E-state index contributed by atoms with van der Waals surface area (Å²) in [5, 5.41) is 0.269. The Morgan fingerprint density at radius 3 is 2.55 bits per heavy atom. The van der Waals surface area contributed by atoms with Gasteiger partial charge in [-0.2, -0.15) is 0 Å². The van der Waals surface area contributed by atoms with Crippen LogP contribution in [0.15, 0.2) is 48.5 Å². The fourth-order valence-corrected chi connectivity index (χ4v) is 4.68. The van der Waals surface area contributed by atoms with Gasteiger partial charge >= 0.3 is 5.97 Å². The van der Waals surface area contributed by atoms with Crippen molar-refractivity contribution < 1.29 is 19.1 Å². The second-order valence-corrected chi connectivity index (χ2v) is 8.77. The fraction of sp³-hybridized carbons (Fsp3) is 0.364. The summed E-state index contributed by atoms with van der Waals surface area (Å²) in [6.45, 7) is 4.28. The number of hydrogen-bond acceptors (Lipinski definition) is 5. The van der Waals surface area contributed by atoms with E-state index in [1.54, 1.807) is 42.3 Å². The van der Waals surface area contributed by atoms with E-state index in [9.17, 15) is 9.59 Å². The monoisotopic (exact) mass is 433 g/mol. The first-order valence-electron chi connectivity index (χ1n) is 9.41. The number of benzene rings is 2. The van der Waals surface area contributed by atoms with Gasteiger partial charge in [-0.25, -0.2) is 4.79 Å². The zero-order valence-electron chi connectivity index (χ0n) is 16.6. The lowest BCUT2D eigenvalue weighted by atomic mass is 10.1. The van der Waals surface area contributed by atoms with Gasteiger partial charge in [-0.05, 0) is 47.9 Å². The Hall–Kier alpha value is -2.18. The summed E-state index contributed by atoms with van der Waals surface area (Å²) in [4.78, 5) is 27.8. The third kappa shape index (κ3) is 5.06. The second-order valence-electron chi connectivity index (χ2n) is 7.22. The number of ether oxygens (including phenoxy) is 2. The second kappa shape index (κ2) is 9.55. The molecule has 2 atom stereocenters. The maximum atomic E-state index is 13.4. The molecule has 1 saturated heterocycles. The molecule has 0 aliphatic carbocycles. The number of rotatable bonds is 6. The molecular formula is C22H24ClNO4S. The van der Waals surface area contributed by atoms with Gasteiger partial charge in [-0.15, -0.1) is 11.8 Å². The molecule has 1 fully saturated rings. The van der Waals surface area contributed by atoms with Crippen molar-refractivity contribution in [3.05, 3.63) is 64.7 Å². The minimum atomic E-state index is -0.655. The number of hydrogen-bond donors (Lipinski definition) is 0. The molecule has 154 valence electrons. The molecule has 0 saturated carbocycles. The summed E-state index contributed by atoms with van der Waals surface area (Å²) in [6.07, 6.45) is 0. The van der Waals surface area contributed by atoms with Crippen molar-refractivity contribution in [2.24, 2.45) is 5.92 Å². The number of carbonyl (C=O) groups excluding carboxylic acids is 2. The molecule has 29 heavy (non-hydrogen) atoms. The maximum Gasteiger partial charge on any atom is 0.329 e. The summed E-state index contributed by atoms with van der Waals surface area (Å²) in [6, 6.07) is 13.6. The minimum Gasteiger partial charge on any atom is -0.497 e. The summed E-state index contributed by atoms with van der Waals surface area (Å²) in [7, 11) is 1.57. The zero-order chi connectivity index (χ0) is 21.0. The van der Waals surface area contributed by atoms with E-state index in [1.807, 2.05) is 32.0 Å². The van der Waals surface area contributed by atoms with E-state index in [0.29, 0.717) is 28.7 Å². The molecule has 1 aliphatic heterocycles. The molecular weight excluding hydrogens is 410 g/mol. The van der Waals surface area contributed by atoms with E-state index < -0.39 is 6.04 Å². The SMILES string of the molecule is COc1ccc(C(=O)N2C(C(=O)OCC(C)C)CSC2c2cccc(Cl)c2)cc1. The number of carbonyl (C=O) groups is 2. The van der Waals surface area contributed by atoms with Gasteiger partial charge in [0.05, 0.1) is 13.7 Å². The van der Waals surface area contributed by atoms with Crippen LogP contribution in [0.5, 0.6) is 5.75 Å². The molecule has 0 N–H and O–H groups in total. The predicted octanol–water partition coefficient (Wildman–Crippen LogP) is 4.80. The molecule has 0 bridgehead atoms. The third-order valence-corrected chi connectivity index (χ3v) is 6.10. The van der Waals surface area contributed by atoms with Gasteiger partial charge < -0.3 is 14.4 Å². The lowest BCUT2D eigenvalue weighted by molar-refractivity contribution is -0.149. The minimum absolute atomic E-state index is 0.225. The number of esters is 1. The van der Waals surface area contributed by atoms with Crippen molar-refractivity contribution in [1.82, 2.24) is 4.90 Å². The molecule has 0 radical (unpaired) electrons. The lowest BCUT2D eigenvalue weighted by Crippen LogP contribution is -2.44. The molecule has 3 rings (SSSR count). The number of amides is 1. The highest BCUT2D eigenvalue weighted by molar-refractivity contribution is 7.99. The van der Waals surface area contributed by atoms with Gasteiger partial charge in [-0.3, -0.25) is 4.79 Å². The fourth-order valence-electron chi connectivity index (χ4n) is 3.08. The molecule has 2 aromatic carbocycles. The van der Waals surface area contributed by atoms with E-state index >= 15 is 0 Å². The maximum absolute atomic E-state index is 13.4. The van der Waals surface area contributed by atoms with Crippen LogP contribution in [0.3, 0.4) is 0 Å². The Morgan fingerprint density at radius 2 is 1.93 bits per heavy atom. The molecule has 0 aromatic heterocycles. The predicted molar refractivity (Wildman–Crippen MR) is 115 cm³/mol. The van der Waals surface area contributed by atoms with Crippen LogP contribution < -0.4 is 4.74 Å². The normalized spacial score (nSPS) is 18.7. The van der Waals surface area contributed by atoms with Crippen LogP contribution in [0.2, 0.25) is 5.02 Å². The highest BCUT2D eigenvalue weighted by Crippen LogP contribution is 2.43. The molecule has 5 nitrogen and oxygen atoms in total. The smallest absolute Gasteiger partial charge is 0.329 e. The Morgan fingerprint density at radius 1 is 1.21 bits per heavy atom.